The number of nitrogens with zero attached hydrogens (tertiary/aromatic N) is 1. The van der Waals surface area contributed by atoms with Crippen LogP contribution in [0.4, 0.5) is 0 Å². The van der Waals surface area contributed by atoms with Crippen molar-refractivity contribution in [3.8, 4) is 0 Å². The predicted octanol–water partition coefficient (Wildman–Crippen LogP) is 3.63. The summed E-state index contributed by atoms with van der Waals surface area (Å²) in [4.78, 5) is 0. The van der Waals surface area contributed by atoms with E-state index in [-0.39, 0.29) is 0 Å². The topological polar surface area (TPSA) is 28.7 Å². The van der Waals surface area contributed by atoms with Gasteiger partial charge < -0.3 is 0 Å². The van der Waals surface area contributed by atoms with Crippen LogP contribution in [-0.4, -0.2) is 10.2 Å². The van der Waals surface area contributed by atoms with E-state index in [4.69, 9.17) is 23.2 Å². The van der Waals surface area contributed by atoms with Gasteiger partial charge in [-0.3, -0.25) is 5.10 Å². The van der Waals surface area contributed by atoms with Crippen molar-refractivity contribution in [1.82, 2.24) is 10.2 Å². The van der Waals surface area contributed by atoms with E-state index >= 15 is 0 Å². The van der Waals surface area contributed by atoms with E-state index in [1.54, 1.807) is 6.07 Å². The maximum absolute atomic E-state index is 5.88. The minimum atomic E-state index is 0.499. The number of hydrogen-bond donors (Lipinski definition) is 1. The third-order valence-corrected chi connectivity index (χ3v) is 2.80. The van der Waals surface area contributed by atoms with E-state index in [0.717, 1.165) is 9.86 Å². The van der Waals surface area contributed by atoms with Crippen LogP contribution in [0.25, 0.3) is 10.9 Å². The molecule has 2 aromatic rings. The molecule has 1 aromatic carbocycles. The van der Waals surface area contributed by atoms with Gasteiger partial charge in [0, 0.05) is 4.47 Å². The van der Waals surface area contributed by atoms with Gasteiger partial charge in [-0.05, 0) is 28.1 Å². The average molecular weight is 266 g/mol. The Morgan fingerprint density at radius 3 is 2.75 bits per heavy atom. The smallest absolute Gasteiger partial charge is 0.133 e. The van der Waals surface area contributed by atoms with E-state index in [1.165, 1.54) is 0 Å². The molecular weight excluding hydrogens is 263 g/mol. The number of nitrogens with one attached hydrogen (secondary N) is 1. The van der Waals surface area contributed by atoms with Crippen LogP contribution in [0.3, 0.4) is 0 Å². The highest BCUT2D eigenvalue weighted by atomic mass is 79.9. The van der Waals surface area contributed by atoms with Crippen molar-refractivity contribution < 1.29 is 0 Å². The lowest BCUT2D eigenvalue weighted by Gasteiger charge is -1.94. The third-order valence-electron chi connectivity index (χ3n) is 1.56. The molecule has 1 heterocycles. The van der Waals surface area contributed by atoms with Crippen molar-refractivity contribution in [2.45, 2.75) is 0 Å². The summed E-state index contributed by atoms with van der Waals surface area (Å²) in [5, 5.41) is 8.54. The molecule has 0 saturated heterocycles. The number of H-pyrrole nitrogens is 1. The normalized spacial score (nSPS) is 10.9. The van der Waals surface area contributed by atoms with E-state index in [9.17, 15) is 0 Å². The Kier molecular flexibility index (Phi) is 2.02. The maximum atomic E-state index is 5.88. The highest BCUT2D eigenvalue weighted by Gasteiger charge is 2.09. The van der Waals surface area contributed by atoms with E-state index < -0.39 is 0 Å². The summed E-state index contributed by atoms with van der Waals surface area (Å²) in [6.07, 6.45) is 0. The minimum absolute atomic E-state index is 0.499. The largest absolute Gasteiger partial charge is 0.266 e. The molecule has 0 spiro atoms. The van der Waals surface area contributed by atoms with Crippen LogP contribution in [0.2, 0.25) is 10.2 Å². The maximum Gasteiger partial charge on any atom is 0.133 e. The first-order valence-corrected chi connectivity index (χ1v) is 4.72. The van der Waals surface area contributed by atoms with Crippen LogP contribution < -0.4 is 0 Å². The highest BCUT2D eigenvalue weighted by molar-refractivity contribution is 9.10. The van der Waals surface area contributed by atoms with Crippen molar-refractivity contribution >= 4 is 50.0 Å². The number of fused-ring (bicyclic) bond motifs is 1. The molecule has 0 aliphatic rings. The number of hydrogen-bond acceptors (Lipinski definition) is 1. The zero-order valence-electron chi connectivity index (χ0n) is 5.74. The summed E-state index contributed by atoms with van der Waals surface area (Å²) < 4.78 is 0.889. The molecule has 0 aliphatic carbocycles. The monoisotopic (exact) mass is 264 g/mol. The quantitative estimate of drug-likeness (QED) is 0.774. The number of rotatable bonds is 0. The molecule has 0 aliphatic heterocycles. The molecule has 0 radical (unpaired) electrons. The van der Waals surface area contributed by atoms with Crippen LogP contribution >= 0.6 is 39.1 Å². The fourth-order valence-electron chi connectivity index (χ4n) is 1.02. The van der Waals surface area contributed by atoms with Gasteiger partial charge in [-0.15, -0.1) is 0 Å². The average Bonchev–Trinajstić information content (AvgIpc) is 2.42. The Hall–Kier alpha value is -0.250. The van der Waals surface area contributed by atoms with Gasteiger partial charge in [-0.1, -0.05) is 23.2 Å². The van der Waals surface area contributed by atoms with Gasteiger partial charge >= 0.3 is 0 Å². The van der Waals surface area contributed by atoms with Crippen molar-refractivity contribution in [3.05, 3.63) is 26.8 Å². The molecule has 62 valence electrons. The van der Waals surface area contributed by atoms with E-state index in [0.29, 0.717) is 15.7 Å². The van der Waals surface area contributed by atoms with E-state index in [2.05, 4.69) is 26.1 Å². The van der Waals surface area contributed by atoms with Crippen LogP contribution in [0.1, 0.15) is 0 Å². The molecule has 0 fully saturated rings. The summed E-state index contributed by atoms with van der Waals surface area (Å²) in [7, 11) is 0. The molecule has 0 unspecified atom stereocenters. The van der Waals surface area contributed by atoms with Crippen LogP contribution in [0, 0.1) is 0 Å². The zero-order valence-corrected chi connectivity index (χ0v) is 8.83. The molecule has 5 heteroatoms. The lowest BCUT2D eigenvalue weighted by Crippen LogP contribution is -1.72. The fourth-order valence-corrected chi connectivity index (χ4v) is 2.09. The lowest BCUT2D eigenvalue weighted by atomic mass is 10.3. The first kappa shape index (κ1) is 8.35. The Morgan fingerprint density at radius 1 is 1.33 bits per heavy atom. The number of benzene rings is 1. The standard InChI is InChI=1S/C7H3BrCl2N2/c8-3-1-2-4(9)6-5(3)7(10)12-11-6/h1-2H,(H,11,12). The molecule has 0 saturated carbocycles. The zero-order chi connectivity index (χ0) is 8.72. The number of aromatic amines is 1. The first-order valence-electron chi connectivity index (χ1n) is 3.17. The van der Waals surface area contributed by atoms with Gasteiger partial charge in [0.2, 0.25) is 0 Å². The second kappa shape index (κ2) is 2.91. The lowest BCUT2D eigenvalue weighted by molar-refractivity contribution is 1.12. The fraction of sp³-hybridized carbons (Fsp3) is 0. The van der Waals surface area contributed by atoms with Crippen molar-refractivity contribution in [3.63, 3.8) is 0 Å². The second-order valence-corrected chi connectivity index (χ2v) is 3.93. The minimum Gasteiger partial charge on any atom is -0.266 e. The summed E-state index contributed by atoms with van der Waals surface area (Å²) in [5.74, 6) is 0. The molecule has 0 atom stereocenters. The molecule has 12 heavy (non-hydrogen) atoms. The second-order valence-electron chi connectivity index (χ2n) is 2.29. The summed E-state index contributed by atoms with van der Waals surface area (Å²) in [6.45, 7) is 0. The summed E-state index contributed by atoms with van der Waals surface area (Å²) in [5.41, 5.74) is 0.691. The number of aromatic nitrogens is 2. The summed E-state index contributed by atoms with van der Waals surface area (Å²) in [6, 6.07) is 3.61. The van der Waals surface area contributed by atoms with Gasteiger partial charge in [0.25, 0.3) is 0 Å². The molecule has 0 amide bonds. The van der Waals surface area contributed by atoms with Gasteiger partial charge in [0.1, 0.15) is 10.7 Å². The van der Waals surface area contributed by atoms with Crippen molar-refractivity contribution in [1.29, 1.82) is 0 Å². The van der Waals surface area contributed by atoms with Crippen LogP contribution in [-0.2, 0) is 0 Å². The molecule has 1 N–H and O–H groups in total. The molecule has 0 bridgehead atoms. The Balaban J connectivity index is 2.98. The SMILES string of the molecule is Clc1ccc(Br)c2c(Cl)[nH]nc12. The Labute approximate surface area is 87.0 Å². The van der Waals surface area contributed by atoms with Crippen LogP contribution in [0.5, 0.6) is 0 Å². The molecule has 1 aromatic heterocycles. The molecule has 2 nitrogen and oxygen atoms in total. The molecule has 2 rings (SSSR count). The van der Waals surface area contributed by atoms with Gasteiger partial charge in [0.05, 0.1) is 10.4 Å². The Morgan fingerprint density at radius 2 is 2.08 bits per heavy atom. The molecular formula is C7H3BrCl2N2. The van der Waals surface area contributed by atoms with Crippen molar-refractivity contribution in [2.24, 2.45) is 0 Å². The van der Waals surface area contributed by atoms with Crippen LogP contribution in [0.15, 0.2) is 16.6 Å². The van der Waals surface area contributed by atoms with Gasteiger partial charge in [-0.2, -0.15) is 5.10 Å². The van der Waals surface area contributed by atoms with Gasteiger partial charge in [-0.25, -0.2) is 0 Å². The van der Waals surface area contributed by atoms with Crippen molar-refractivity contribution in [2.75, 3.05) is 0 Å². The van der Waals surface area contributed by atoms with Gasteiger partial charge in [0.15, 0.2) is 0 Å². The Bertz CT molecular complexity index is 438. The third kappa shape index (κ3) is 1.13. The highest BCUT2D eigenvalue weighted by Crippen LogP contribution is 2.32. The first-order chi connectivity index (χ1) is 5.70. The van der Waals surface area contributed by atoms with E-state index in [1.807, 2.05) is 6.07 Å². The summed E-state index contributed by atoms with van der Waals surface area (Å²) >= 11 is 15.1. The number of halogens is 3. The predicted molar refractivity (Wildman–Crippen MR) is 53.8 cm³/mol.